The van der Waals surface area contributed by atoms with Gasteiger partial charge in [-0.05, 0) is 56.2 Å². The van der Waals surface area contributed by atoms with Crippen molar-refractivity contribution in [1.82, 2.24) is 19.1 Å². The van der Waals surface area contributed by atoms with Gasteiger partial charge in [0.2, 0.25) is 21.9 Å². The van der Waals surface area contributed by atoms with Gasteiger partial charge in [-0.25, -0.2) is 12.7 Å². The standard InChI is InChI=1S/C22H32N6O3S2/c1-15-9-11-27(12-10-15)21-24-25-22(28(21)18-7-8-18)32-14-20(29)23-17-6-5-16(2)19(13-17)33(30,31)26(3)4/h5-6,13,15,18H,7-12,14H2,1-4H3,(H,23,29). The van der Waals surface area contributed by atoms with E-state index < -0.39 is 10.0 Å². The second-order valence-corrected chi connectivity index (χ2v) is 12.2. The third kappa shape index (κ3) is 5.36. The van der Waals surface area contributed by atoms with E-state index in [1.54, 1.807) is 19.1 Å². The summed E-state index contributed by atoms with van der Waals surface area (Å²) in [7, 11) is -0.607. The van der Waals surface area contributed by atoms with Gasteiger partial charge in [-0.2, -0.15) is 0 Å². The summed E-state index contributed by atoms with van der Waals surface area (Å²) in [5.74, 6) is 1.62. The number of aromatic nitrogens is 3. The van der Waals surface area contributed by atoms with Crippen molar-refractivity contribution in [3.05, 3.63) is 23.8 Å². The maximum atomic E-state index is 12.6. The highest BCUT2D eigenvalue weighted by Crippen LogP contribution is 2.41. The maximum absolute atomic E-state index is 12.6. The predicted octanol–water partition coefficient (Wildman–Crippen LogP) is 3.14. The van der Waals surface area contributed by atoms with Gasteiger partial charge in [0.25, 0.3) is 0 Å². The van der Waals surface area contributed by atoms with Gasteiger partial charge in [-0.15, -0.1) is 10.2 Å². The van der Waals surface area contributed by atoms with E-state index >= 15 is 0 Å². The Kier molecular flexibility index (Phi) is 7.01. The van der Waals surface area contributed by atoms with Crippen molar-refractivity contribution in [3.63, 3.8) is 0 Å². The second-order valence-electron chi connectivity index (χ2n) is 9.16. The van der Waals surface area contributed by atoms with Crippen molar-refractivity contribution in [2.45, 2.75) is 55.6 Å². The van der Waals surface area contributed by atoms with Crippen LogP contribution in [0.1, 0.15) is 44.2 Å². The third-order valence-electron chi connectivity index (χ3n) is 6.19. The molecule has 0 unspecified atom stereocenters. The van der Waals surface area contributed by atoms with Gasteiger partial charge in [-0.1, -0.05) is 24.8 Å². The van der Waals surface area contributed by atoms with Crippen LogP contribution >= 0.6 is 11.8 Å². The Hall–Kier alpha value is -2.11. The van der Waals surface area contributed by atoms with Crippen LogP contribution in [-0.4, -0.2) is 66.3 Å². The highest BCUT2D eigenvalue weighted by molar-refractivity contribution is 7.99. The van der Waals surface area contributed by atoms with Gasteiger partial charge in [-0.3, -0.25) is 9.36 Å². The highest BCUT2D eigenvalue weighted by atomic mass is 32.2. The molecule has 11 heteroatoms. The molecule has 1 aromatic heterocycles. The highest BCUT2D eigenvalue weighted by Gasteiger charge is 2.32. The molecule has 2 fully saturated rings. The molecule has 9 nitrogen and oxygen atoms in total. The smallest absolute Gasteiger partial charge is 0.242 e. The molecular formula is C22H32N6O3S2. The molecule has 2 aromatic rings. The molecule has 1 saturated carbocycles. The molecule has 1 amide bonds. The van der Waals surface area contributed by atoms with E-state index in [0.717, 1.165) is 55.8 Å². The van der Waals surface area contributed by atoms with Crippen molar-refractivity contribution in [2.75, 3.05) is 43.2 Å². The summed E-state index contributed by atoms with van der Waals surface area (Å²) in [5, 5.41) is 12.4. The first kappa shape index (κ1) is 24.0. The van der Waals surface area contributed by atoms with Crippen molar-refractivity contribution in [1.29, 1.82) is 0 Å². The average molecular weight is 493 g/mol. The van der Waals surface area contributed by atoms with Crippen LogP contribution in [0.2, 0.25) is 0 Å². The van der Waals surface area contributed by atoms with E-state index in [4.69, 9.17) is 0 Å². The molecule has 33 heavy (non-hydrogen) atoms. The van der Waals surface area contributed by atoms with Crippen molar-refractivity contribution >= 4 is 39.3 Å². The number of hydrogen-bond donors (Lipinski definition) is 1. The fraction of sp³-hybridized carbons (Fsp3) is 0.591. The number of thioether (sulfide) groups is 1. The first-order chi connectivity index (χ1) is 15.7. The number of aryl methyl sites for hydroxylation is 1. The minimum atomic E-state index is -3.59. The molecule has 1 saturated heterocycles. The van der Waals surface area contributed by atoms with Gasteiger partial charge < -0.3 is 10.2 Å². The Morgan fingerprint density at radius 1 is 1.18 bits per heavy atom. The lowest BCUT2D eigenvalue weighted by atomic mass is 10.00. The number of nitrogens with one attached hydrogen (secondary N) is 1. The van der Waals surface area contributed by atoms with E-state index in [1.165, 1.54) is 36.2 Å². The summed E-state index contributed by atoms with van der Waals surface area (Å²) in [4.78, 5) is 15.1. The Labute approximate surface area is 200 Å². The van der Waals surface area contributed by atoms with Gasteiger partial charge in [0.15, 0.2) is 5.16 Å². The number of hydrogen-bond acceptors (Lipinski definition) is 7. The van der Waals surface area contributed by atoms with Crippen LogP contribution in [0.5, 0.6) is 0 Å². The lowest BCUT2D eigenvalue weighted by Crippen LogP contribution is -2.34. The van der Waals surface area contributed by atoms with Crippen molar-refractivity contribution in [2.24, 2.45) is 5.92 Å². The molecule has 1 aromatic carbocycles. The number of sulfonamides is 1. The number of anilines is 2. The SMILES string of the molecule is Cc1ccc(NC(=O)CSc2nnc(N3CCC(C)CC3)n2C2CC2)cc1S(=O)(=O)N(C)C. The van der Waals surface area contributed by atoms with E-state index in [-0.39, 0.29) is 16.6 Å². The van der Waals surface area contributed by atoms with Crippen LogP contribution in [0.4, 0.5) is 11.6 Å². The topological polar surface area (TPSA) is 100 Å². The molecule has 2 heterocycles. The van der Waals surface area contributed by atoms with E-state index in [0.29, 0.717) is 17.3 Å². The van der Waals surface area contributed by atoms with E-state index in [9.17, 15) is 13.2 Å². The normalized spacial score (nSPS) is 17.5. The fourth-order valence-electron chi connectivity index (χ4n) is 3.92. The summed E-state index contributed by atoms with van der Waals surface area (Å²) in [6.45, 7) is 6.00. The van der Waals surface area contributed by atoms with Crippen LogP contribution < -0.4 is 10.2 Å². The monoisotopic (exact) mass is 492 g/mol. The van der Waals surface area contributed by atoms with Crippen molar-refractivity contribution < 1.29 is 13.2 Å². The van der Waals surface area contributed by atoms with Crippen LogP contribution in [0, 0.1) is 12.8 Å². The summed E-state index contributed by atoms with van der Waals surface area (Å²) in [6, 6.07) is 5.34. The summed E-state index contributed by atoms with van der Waals surface area (Å²) in [5.41, 5.74) is 1.09. The summed E-state index contributed by atoms with van der Waals surface area (Å²) >= 11 is 1.37. The number of benzene rings is 1. The average Bonchev–Trinajstić information content (AvgIpc) is 3.53. The molecular weight excluding hydrogens is 460 g/mol. The Morgan fingerprint density at radius 3 is 2.52 bits per heavy atom. The van der Waals surface area contributed by atoms with E-state index in [2.05, 4.69) is 31.9 Å². The Bertz CT molecular complexity index is 1120. The van der Waals surface area contributed by atoms with Crippen LogP contribution in [0.15, 0.2) is 28.3 Å². The molecule has 1 aliphatic carbocycles. The Balaban J connectivity index is 1.43. The van der Waals surface area contributed by atoms with Crippen LogP contribution in [0.3, 0.4) is 0 Å². The molecule has 180 valence electrons. The maximum Gasteiger partial charge on any atom is 0.242 e. The fourth-order valence-corrected chi connectivity index (χ4v) is 5.87. The number of carbonyl (C=O) groups is 1. The third-order valence-corrected chi connectivity index (χ3v) is 9.09. The molecule has 4 rings (SSSR count). The summed E-state index contributed by atoms with van der Waals surface area (Å²) in [6.07, 6.45) is 4.54. The number of carbonyl (C=O) groups excluding carboxylic acids is 1. The zero-order valence-corrected chi connectivity index (χ0v) is 21.2. The second kappa shape index (κ2) is 9.63. The van der Waals surface area contributed by atoms with Crippen LogP contribution in [0.25, 0.3) is 0 Å². The zero-order chi connectivity index (χ0) is 23.8. The van der Waals surface area contributed by atoms with E-state index in [1.807, 2.05) is 0 Å². The number of nitrogens with zero attached hydrogens (tertiary/aromatic N) is 5. The van der Waals surface area contributed by atoms with Gasteiger partial charge >= 0.3 is 0 Å². The molecule has 1 N–H and O–H groups in total. The molecule has 1 aliphatic heterocycles. The first-order valence-corrected chi connectivity index (χ1v) is 13.7. The molecule has 0 radical (unpaired) electrons. The first-order valence-electron chi connectivity index (χ1n) is 11.3. The molecule has 0 bridgehead atoms. The van der Waals surface area contributed by atoms with Crippen LogP contribution in [-0.2, 0) is 14.8 Å². The molecule has 0 atom stereocenters. The lowest BCUT2D eigenvalue weighted by molar-refractivity contribution is -0.113. The van der Waals surface area contributed by atoms with Gasteiger partial charge in [0.05, 0.1) is 10.6 Å². The minimum absolute atomic E-state index is 0.172. The number of amides is 1. The summed E-state index contributed by atoms with van der Waals surface area (Å²) < 4.78 is 28.5. The number of piperidine rings is 1. The molecule has 2 aliphatic rings. The van der Waals surface area contributed by atoms with Gasteiger partial charge in [0.1, 0.15) is 0 Å². The largest absolute Gasteiger partial charge is 0.341 e. The Morgan fingerprint density at radius 2 is 1.88 bits per heavy atom. The van der Waals surface area contributed by atoms with Crippen molar-refractivity contribution in [3.8, 4) is 0 Å². The molecule has 0 spiro atoms. The minimum Gasteiger partial charge on any atom is -0.341 e. The predicted molar refractivity (Wildman–Crippen MR) is 130 cm³/mol. The zero-order valence-electron chi connectivity index (χ0n) is 19.6. The number of rotatable bonds is 8. The quantitative estimate of drug-likeness (QED) is 0.565. The lowest BCUT2D eigenvalue weighted by Gasteiger charge is -2.31. The van der Waals surface area contributed by atoms with Gasteiger partial charge in [0, 0.05) is 38.9 Å².